The minimum Gasteiger partial charge on any atom is -0.490 e. The predicted molar refractivity (Wildman–Crippen MR) is 158 cm³/mol. The third kappa shape index (κ3) is 6.15. The maximum atomic E-state index is 10.8. The Labute approximate surface area is 242 Å². The van der Waals surface area contributed by atoms with Gasteiger partial charge in [0.15, 0.2) is 6.23 Å². The number of fused-ring (bicyclic) bond motifs is 1. The van der Waals surface area contributed by atoms with Crippen LogP contribution in [0.1, 0.15) is 77.7 Å². The molecule has 0 aliphatic carbocycles. The Balaban J connectivity index is 1.53. The zero-order chi connectivity index (χ0) is 29.2. The highest BCUT2D eigenvalue weighted by Gasteiger charge is 2.52. The SMILES string of the molecule is CC/C(B1OC(C)(C)C(C)(C)O1)=C(/c1ccc(OCCOC(N)=O)cc1)c1ccc2c(cnn2C2CCCCO2)c1. The van der Waals surface area contributed by atoms with Crippen molar-refractivity contribution in [2.24, 2.45) is 5.73 Å². The summed E-state index contributed by atoms with van der Waals surface area (Å²) >= 11 is 0. The number of amides is 1. The van der Waals surface area contributed by atoms with Crippen molar-refractivity contribution in [2.75, 3.05) is 19.8 Å². The second-order valence-corrected chi connectivity index (χ2v) is 11.6. The van der Waals surface area contributed by atoms with Crippen molar-refractivity contribution < 1.29 is 28.3 Å². The highest BCUT2D eigenvalue weighted by Crippen LogP contribution is 2.42. The molecule has 1 amide bonds. The van der Waals surface area contributed by atoms with Crippen LogP contribution < -0.4 is 10.5 Å². The van der Waals surface area contributed by atoms with E-state index in [2.05, 4.69) is 52.8 Å². The normalized spacial score (nSPS) is 20.6. The van der Waals surface area contributed by atoms with E-state index in [1.165, 1.54) is 0 Å². The van der Waals surface area contributed by atoms with Gasteiger partial charge in [-0.2, -0.15) is 5.10 Å². The Hall–Kier alpha value is -3.34. The van der Waals surface area contributed by atoms with Gasteiger partial charge in [0, 0.05) is 12.0 Å². The fourth-order valence-corrected chi connectivity index (χ4v) is 5.36. The van der Waals surface area contributed by atoms with Crippen molar-refractivity contribution in [3.05, 3.63) is 65.3 Å². The molecule has 0 saturated carbocycles. The number of rotatable bonds is 9. The number of nitrogens with two attached hydrogens (primary N) is 1. The second-order valence-electron chi connectivity index (χ2n) is 11.6. The third-order valence-electron chi connectivity index (χ3n) is 8.29. The molecule has 2 aromatic carbocycles. The quantitative estimate of drug-likeness (QED) is 0.250. The van der Waals surface area contributed by atoms with Crippen LogP contribution in [-0.4, -0.2) is 54.0 Å². The van der Waals surface area contributed by atoms with Crippen LogP contribution in [0.5, 0.6) is 5.75 Å². The molecular weight excluding hydrogens is 521 g/mol. The first-order chi connectivity index (χ1) is 19.6. The van der Waals surface area contributed by atoms with Crippen molar-refractivity contribution in [1.82, 2.24) is 9.78 Å². The maximum absolute atomic E-state index is 10.8. The zero-order valence-electron chi connectivity index (χ0n) is 24.6. The summed E-state index contributed by atoms with van der Waals surface area (Å²) < 4.78 is 31.6. The van der Waals surface area contributed by atoms with E-state index < -0.39 is 24.4 Å². The lowest BCUT2D eigenvalue weighted by Crippen LogP contribution is -2.41. The summed E-state index contributed by atoms with van der Waals surface area (Å²) in [5.41, 5.74) is 9.34. The maximum Gasteiger partial charge on any atom is 0.491 e. The number of carbonyl (C=O) groups excluding carboxylic acids is 1. The number of benzene rings is 2. The van der Waals surface area contributed by atoms with Gasteiger partial charge in [-0.3, -0.25) is 0 Å². The van der Waals surface area contributed by atoms with Crippen molar-refractivity contribution in [2.45, 2.75) is 77.7 Å². The fourth-order valence-electron chi connectivity index (χ4n) is 5.36. The molecule has 2 fully saturated rings. The van der Waals surface area contributed by atoms with Gasteiger partial charge in [0.25, 0.3) is 0 Å². The van der Waals surface area contributed by atoms with Crippen LogP contribution >= 0.6 is 0 Å². The van der Waals surface area contributed by atoms with E-state index in [1.54, 1.807) is 0 Å². The molecule has 2 N–H and O–H groups in total. The highest BCUT2D eigenvalue weighted by molar-refractivity contribution is 6.56. The number of nitrogens with zero attached hydrogens (tertiary/aromatic N) is 2. The number of aromatic nitrogens is 2. The number of ether oxygens (including phenoxy) is 3. The fraction of sp³-hybridized carbons (Fsp3) is 0.484. The van der Waals surface area contributed by atoms with Crippen molar-refractivity contribution in [1.29, 1.82) is 0 Å². The molecule has 10 heteroatoms. The van der Waals surface area contributed by atoms with Crippen LogP contribution in [0, 0.1) is 0 Å². The minimum atomic E-state index is -0.817. The lowest BCUT2D eigenvalue weighted by molar-refractivity contribution is -0.0366. The lowest BCUT2D eigenvalue weighted by atomic mass is 9.70. The molecule has 0 spiro atoms. The summed E-state index contributed by atoms with van der Waals surface area (Å²) in [5.74, 6) is 0.666. The van der Waals surface area contributed by atoms with E-state index in [9.17, 15) is 4.79 Å². The largest absolute Gasteiger partial charge is 0.491 e. The Kier molecular flexibility index (Phi) is 8.45. The first-order valence-electron chi connectivity index (χ1n) is 14.4. The number of carbonyl (C=O) groups is 1. The van der Waals surface area contributed by atoms with Crippen molar-refractivity contribution in [3.8, 4) is 5.75 Å². The highest BCUT2D eigenvalue weighted by atomic mass is 16.7. The van der Waals surface area contributed by atoms with Crippen LogP contribution in [0.4, 0.5) is 4.79 Å². The Bertz CT molecular complexity index is 1390. The molecule has 3 aromatic rings. The molecule has 218 valence electrons. The Morgan fingerprint density at radius 3 is 2.39 bits per heavy atom. The van der Waals surface area contributed by atoms with E-state index in [0.29, 0.717) is 5.75 Å². The van der Waals surface area contributed by atoms with Gasteiger partial charge in [-0.1, -0.05) is 25.1 Å². The molecule has 41 heavy (non-hydrogen) atoms. The summed E-state index contributed by atoms with van der Waals surface area (Å²) in [6.45, 7) is 11.5. The standard InChI is InChI=1S/C31H40BN3O6/c1-6-25(32-40-30(2,3)31(4,5)41-32)28(21-10-13-24(14-11-21)37-17-18-39-29(33)36)22-12-15-26-23(19-22)20-34-35(26)27-9-7-8-16-38-27/h10-15,19-20,27H,6-9,16-18H2,1-5H3,(H2,33,36)/b28-25+. The number of primary amides is 1. The van der Waals surface area contributed by atoms with Crippen LogP contribution in [-0.2, 0) is 18.8 Å². The molecule has 9 nitrogen and oxygen atoms in total. The molecule has 2 aliphatic rings. The van der Waals surface area contributed by atoms with Crippen molar-refractivity contribution in [3.63, 3.8) is 0 Å². The van der Waals surface area contributed by atoms with Gasteiger partial charge in [0.2, 0.25) is 0 Å². The van der Waals surface area contributed by atoms with E-state index in [-0.39, 0.29) is 19.4 Å². The summed E-state index contributed by atoms with van der Waals surface area (Å²) in [6.07, 6.45) is 5.01. The summed E-state index contributed by atoms with van der Waals surface area (Å²) in [6, 6.07) is 14.3. The van der Waals surface area contributed by atoms with Gasteiger partial charge >= 0.3 is 13.2 Å². The first-order valence-corrected chi connectivity index (χ1v) is 14.4. The van der Waals surface area contributed by atoms with Gasteiger partial charge in [0.1, 0.15) is 19.0 Å². The molecular formula is C31H40BN3O6. The van der Waals surface area contributed by atoms with Crippen LogP contribution in [0.15, 0.2) is 54.1 Å². The first kappa shape index (κ1) is 29.2. The van der Waals surface area contributed by atoms with E-state index in [1.807, 2.05) is 35.1 Å². The smallest absolute Gasteiger partial charge is 0.490 e. The van der Waals surface area contributed by atoms with Gasteiger partial charge in [-0.25, -0.2) is 9.48 Å². The third-order valence-corrected chi connectivity index (χ3v) is 8.29. The average molecular weight is 561 g/mol. The predicted octanol–water partition coefficient (Wildman–Crippen LogP) is 6.05. The average Bonchev–Trinajstić information content (AvgIpc) is 3.46. The number of hydrogen-bond donors (Lipinski definition) is 1. The molecule has 3 heterocycles. The van der Waals surface area contributed by atoms with E-state index in [0.717, 1.165) is 65.4 Å². The zero-order valence-corrected chi connectivity index (χ0v) is 24.6. The second kappa shape index (κ2) is 11.9. The lowest BCUT2D eigenvalue weighted by Gasteiger charge is -2.32. The molecule has 1 atom stereocenters. The van der Waals surface area contributed by atoms with Crippen LogP contribution in [0.3, 0.4) is 0 Å². The van der Waals surface area contributed by atoms with Gasteiger partial charge in [-0.05, 0) is 99.8 Å². The van der Waals surface area contributed by atoms with Gasteiger partial charge in [0.05, 0.1) is 22.9 Å². The van der Waals surface area contributed by atoms with Gasteiger partial charge in [-0.15, -0.1) is 0 Å². The minimum absolute atomic E-state index is 0.0287. The van der Waals surface area contributed by atoms with Crippen molar-refractivity contribution >= 4 is 29.7 Å². The summed E-state index contributed by atoms with van der Waals surface area (Å²) in [7, 11) is -0.490. The summed E-state index contributed by atoms with van der Waals surface area (Å²) in [5, 5.41) is 5.75. The molecule has 1 unspecified atom stereocenters. The van der Waals surface area contributed by atoms with Crippen LogP contribution in [0.25, 0.3) is 16.5 Å². The molecule has 0 radical (unpaired) electrons. The Morgan fingerprint density at radius 1 is 1.05 bits per heavy atom. The van der Waals surface area contributed by atoms with E-state index >= 15 is 0 Å². The monoisotopic (exact) mass is 561 g/mol. The van der Waals surface area contributed by atoms with Crippen LogP contribution in [0.2, 0.25) is 0 Å². The molecule has 5 rings (SSSR count). The molecule has 2 saturated heterocycles. The number of allylic oxidation sites excluding steroid dienone is 1. The summed E-state index contributed by atoms with van der Waals surface area (Å²) in [4.78, 5) is 10.8. The number of hydrogen-bond acceptors (Lipinski definition) is 7. The van der Waals surface area contributed by atoms with E-state index in [4.69, 9.17) is 34.4 Å². The molecule has 1 aromatic heterocycles. The Morgan fingerprint density at radius 2 is 1.76 bits per heavy atom. The van der Waals surface area contributed by atoms with Gasteiger partial charge < -0.3 is 29.3 Å². The topological polar surface area (TPSA) is 107 Å². The molecule has 2 aliphatic heterocycles. The molecule has 0 bridgehead atoms.